The Hall–Kier alpha value is -1.79. The third-order valence-corrected chi connectivity index (χ3v) is 2.93. The second-order valence-corrected chi connectivity index (χ2v) is 4.45. The molecule has 3 atom stereocenters. The zero-order chi connectivity index (χ0) is 15.3. The average molecular weight is 284 g/mol. The fourth-order valence-corrected chi connectivity index (χ4v) is 1.59. The first-order chi connectivity index (χ1) is 9.38. The van der Waals surface area contributed by atoms with Gasteiger partial charge in [0.05, 0.1) is 26.4 Å². The van der Waals surface area contributed by atoms with Crippen LogP contribution in [0.2, 0.25) is 0 Å². The van der Waals surface area contributed by atoms with Gasteiger partial charge in [0.1, 0.15) is 11.5 Å². The van der Waals surface area contributed by atoms with Crippen LogP contribution in [-0.2, 0) is 9.53 Å². The highest BCUT2D eigenvalue weighted by Crippen LogP contribution is 2.29. The Morgan fingerprint density at radius 3 is 1.95 bits per heavy atom. The van der Waals surface area contributed by atoms with Crippen LogP contribution >= 0.6 is 0 Å². The lowest BCUT2D eigenvalue weighted by Crippen LogP contribution is -2.28. The number of carboxylic acids is 1. The van der Waals surface area contributed by atoms with Gasteiger partial charge in [0, 0.05) is 6.07 Å². The summed E-state index contributed by atoms with van der Waals surface area (Å²) in [7, 11) is 2.96. The Kier molecular flexibility index (Phi) is 5.79. The minimum Gasteiger partial charge on any atom is -0.497 e. The molecule has 2 N–H and O–H groups in total. The van der Waals surface area contributed by atoms with Crippen LogP contribution in [0.15, 0.2) is 18.2 Å². The molecule has 0 aliphatic heterocycles. The number of rotatable bonds is 7. The first-order valence-corrected chi connectivity index (χ1v) is 6.18. The lowest BCUT2D eigenvalue weighted by atomic mass is 10.1. The summed E-state index contributed by atoms with van der Waals surface area (Å²) in [5.74, 6) is -0.203. The standard InChI is InChI=1S/C14H20O6/c1-8(15)9(2)20-13(14(16)17)10-5-11(18-3)7-12(6-10)19-4/h5-9,13,15H,1-4H3,(H,16,17). The molecule has 0 saturated heterocycles. The zero-order valence-electron chi connectivity index (χ0n) is 12.0. The van der Waals surface area contributed by atoms with Crippen molar-refractivity contribution in [2.75, 3.05) is 14.2 Å². The van der Waals surface area contributed by atoms with Gasteiger partial charge in [-0.25, -0.2) is 4.79 Å². The number of benzene rings is 1. The molecule has 0 heterocycles. The average Bonchev–Trinajstić information content (AvgIpc) is 2.43. The highest BCUT2D eigenvalue weighted by Gasteiger charge is 2.26. The van der Waals surface area contributed by atoms with Gasteiger partial charge < -0.3 is 24.4 Å². The minimum absolute atomic E-state index is 0.390. The van der Waals surface area contributed by atoms with Gasteiger partial charge in [0.15, 0.2) is 6.10 Å². The SMILES string of the molecule is COc1cc(OC)cc(C(OC(C)C(C)O)C(=O)O)c1. The molecule has 0 amide bonds. The van der Waals surface area contributed by atoms with Crippen LogP contribution in [-0.4, -0.2) is 42.6 Å². The molecule has 0 aromatic heterocycles. The molecule has 3 unspecified atom stereocenters. The molecule has 0 spiro atoms. The van der Waals surface area contributed by atoms with Crippen molar-refractivity contribution < 1.29 is 29.2 Å². The van der Waals surface area contributed by atoms with Crippen LogP contribution in [0.5, 0.6) is 11.5 Å². The van der Waals surface area contributed by atoms with E-state index in [1.165, 1.54) is 21.1 Å². The Labute approximate surface area is 117 Å². The van der Waals surface area contributed by atoms with Crippen molar-refractivity contribution in [3.05, 3.63) is 23.8 Å². The van der Waals surface area contributed by atoms with Crippen LogP contribution in [0.3, 0.4) is 0 Å². The van der Waals surface area contributed by atoms with Gasteiger partial charge in [0.25, 0.3) is 0 Å². The molecule has 20 heavy (non-hydrogen) atoms. The second kappa shape index (κ2) is 7.12. The molecule has 1 rings (SSSR count). The van der Waals surface area contributed by atoms with Crippen molar-refractivity contribution in [3.8, 4) is 11.5 Å². The Balaban J connectivity index is 3.11. The van der Waals surface area contributed by atoms with Crippen LogP contribution < -0.4 is 9.47 Å². The molecule has 6 nitrogen and oxygen atoms in total. The predicted octanol–water partition coefficient (Wildman–Crippen LogP) is 1.62. The van der Waals surface area contributed by atoms with Gasteiger partial charge in [-0.1, -0.05) is 0 Å². The molecule has 1 aromatic rings. The molecular weight excluding hydrogens is 264 g/mol. The second-order valence-electron chi connectivity index (χ2n) is 4.45. The van der Waals surface area contributed by atoms with Crippen molar-refractivity contribution in [2.24, 2.45) is 0 Å². The van der Waals surface area contributed by atoms with E-state index >= 15 is 0 Å². The monoisotopic (exact) mass is 284 g/mol. The largest absolute Gasteiger partial charge is 0.497 e. The fraction of sp³-hybridized carbons (Fsp3) is 0.500. The van der Waals surface area contributed by atoms with E-state index in [0.717, 1.165) is 0 Å². The molecular formula is C14H20O6. The maximum Gasteiger partial charge on any atom is 0.337 e. The van der Waals surface area contributed by atoms with Crippen molar-refractivity contribution in [1.29, 1.82) is 0 Å². The van der Waals surface area contributed by atoms with Crippen molar-refractivity contribution >= 4 is 5.97 Å². The van der Waals surface area contributed by atoms with E-state index in [4.69, 9.17) is 14.2 Å². The van der Waals surface area contributed by atoms with Gasteiger partial charge in [-0.15, -0.1) is 0 Å². The highest BCUT2D eigenvalue weighted by molar-refractivity contribution is 5.75. The van der Waals surface area contributed by atoms with E-state index in [0.29, 0.717) is 17.1 Å². The molecule has 0 bridgehead atoms. The van der Waals surface area contributed by atoms with E-state index in [1.807, 2.05) is 0 Å². The van der Waals surface area contributed by atoms with Gasteiger partial charge in [-0.3, -0.25) is 0 Å². The Morgan fingerprint density at radius 2 is 1.60 bits per heavy atom. The normalized spacial score (nSPS) is 15.2. The van der Waals surface area contributed by atoms with Gasteiger partial charge >= 0.3 is 5.97 Å². The summed E-state index contributed by atoms with van der Waals surface area (Å²) in [6.07, 6.45) is -2.60. The van der Waals surface area contributed by atoms with Crippen molar-refractivity contribution in [3.63, 3.8) is 0 Å². The summed E-state index contributed by atoms with van der Waals surface area (Å²) in [4.78, 5) is 11.4. The van der Waals surface area contributed by atoms with Gasteiger partial charge in [-0.2, -0.15) is 0 Å². The number of aliphatic hydroxyl groups is 1. The first-order valence-electron chi connectivity index (χ1n) is 6.18. The fourth-order valence-electron chi connectivity index (χ4n) is 1.59. The Bertz CT molecular complexity index is 435. The number of ether oxygens (including phenoxy) is 3. The minimum atomic E-state index is -1.21. The maximum atomic E-state index is 11.4. The van der Waals surface area contributed by atoms with Crippen LogP contribution in [0.25, 0.3) is 0 Å². The quantitative estimate of drug-likeness (QED) is 0.791. The first kappa shape index (κ1) is 16.3. The molecule has 112 valence electrons. The van der Waals surface area contributed by atoms with E-state index in [9.17, 15) is 15.0 Å². The summed E-state index contributed by atoms with van der Waals surface area (Å²) in [5.41, 5.74) is 0.390. The highest BCUT2D eigenvalue weighted by atomic mass is 16.5. The summed E-state index contributed by atoms with van der Waals surface area (Å²) in [6.45, 7) is 3.15. The lowest BCUT2D eigenvalue weighted by molar-refractivity contribution is -0.158. The summed E-state index contributed by atoms with van der Waals surface area (Å²) in [5, 5.41) is 18.7. The van der Waals surface area contributed by atoms with E-state index in [2.05, 4.69) is 0 Å². The third kappa shape index (κ3) is 4.11. The van der Waals surface area contributed by atoms with Crippen molar-refractivity contribution in [1.82, 2.24) is 0 Å². The Morgan fingerprint density at radius 1 is 1.10 bits per heavy atom. The number of hydrogen-bond acceptors (Lipinski definition) is 5. The molecule has 0 fully saturated rings. The number of aliphatic hydroxyl groups excluding tert-OH is 1. The van der Waals surface area contributed by atoms with Crippen LogP contribution in [0.1, 0.15) is 25.5 Å². The van der Waals surface area contributed by atoms with Gasteiger partial charge in [0.2, 0.25) is 0 Å². The molecule has 0 aliphatic carbocycles. The maximum absolute atomic E-state index is 11.4. The summed E-state index contributed by atoms with van der Waals surface area (Å²) < 4.78 is 15.6. The number of methoxy groups -OCH3 is 2. The van der Waals surface area contributed by atoms with Gasteiger partial charge in [-0.05, 0) is 31.5 Å². The van der Waals surface area contributed by atoms with E-state index in [-0.39, 0.29) is 0 Å². The number of carboxylic acid groups (broad SMARTS) is 1. The summed E-state index contributed by atoms with van der Waals surface area (Å²) in [6, 6.07) is 4.77. The van der Waals surface area contributed by atoms with Crippen molar-refractivity contribution in [2.45, 2.75) is 32.2 Å². The number of carbonyl (C=O) groups is 1. The molecule has 0 aliphatic rings. The number of hydrogen-bond donors (Lipinski definition) is 2. The summed E-state index contributed by atoms with van der Waals surface area (Å²) >= 11 is 0. The zero-order valence-corrected chi connectivity index (χ0v) is 12.0. The van der Waals surface area contributed by atoms with E-state index < -0.39 is 24.3 Å². The third-order valence-electron chi connectivity index (χ3n) is 2.93. The molecule has 0 saturated carbocycles. The number of aliphatic carboxylic acids is 1. The topological polar surface area (TPSA) is 85.2 Å². The molecule has 6 heteroatoms. The van der Waals surface area contributed by atoms with Crippen LogP contribution in [0.4, 0.5) is 0 Å². The van der Waals surface area contributed by atoms with E-state index in [1.54, 1.807) is 25.1 Å². The van der Waals surface area contributed by atoms with Crippen LogP contribution in [0, 0.1) is 0 Å². The lowest BCUT2D eigenvalue weighted by Gasteiger charge is -2.22. The smallest absolute Gasteiger partial charge is 0.337 e. The molecule has 0 radical (unpaired) electrons. The predicted molar refractivity (Wildman–Crippen MR) is 72.2 cm³/mol. The molecule has 1 aromatic carbocycles.